The smallest absolute Gasteiger partial charge is 0.341 e. The number of hydrogen-bond donors (Lipinski definition) is 2. The Bertz CT molecular complexity index is 1400. The summed E-state index contributed by atoms with van der Waals surface area (Å²) in [7, 11) is 0. The lowest BCUT2D eigenvalue weighted by molar-refractivity contribution is -0.384. The summed E-state index contributed by atoms with van der Waals surface area (Å²) in [6, 6.07) is 11.2. The number of imidazole rings is 1. The van der Waals surface area contributed by atoms with Crippen LogP contribution < -0.4 is 10.1 Å². The number of esters is 1. The molecule has 0 saturated heterocycles. The molecule has 10 nitrogen and oxygen atoms in total. The van der Waals surface area contributed by atoms with Crippen molar-refractivity contribution < 1.29 is 24.0 Å². The molecule has 1 saturated carbocycles. The fourth-order valence-corrected chi connectivity index (χ4v) is 5.66. The zero-order valence-electron chi connectivity index (χ0n) is 26.5. The van der Waals surface area contributed by atoms with Gasteiger partial charge in [0.2, 0.25) is 5.91 Å². The van der Waals surface area contributed by atoms with E-state index in [0.29, 0.717) is 54.8 Å². The number of non-ortho nitro benzene ring substituents is 1. The van der Waals surface area contributed by atoms with Crippen molar-refractivity contribution in [2.45, 2.75) is 96.9 Å². The van der Waals surface area contributed by atoms with Gasteiger partial charge in [-0.1, -0.05) is 64.9 Å². The minimum absolute atomic E-state index is 0.0145. The first-order valence-corrected chi connectivity index (χ1v) is 16.4. The van der Waals surface area contributed by atoms with Crippen LogP contribution >= 0.6 is 0 Å². The average Bonchev–Trinajstić information content (AvgIpc) is 3.53. The van der Waals surface area contributed by atoms with E-state index in [-0.39, 0.29) is 11.6 Å². The Balaban J connectivity index is 1.58. The number of amides is 1. The molecule has 1 aromatic heterocycles. The van der Waals surface area contributed by atoms with Gasteiger partial charge in [0.15, 0.2) is 0 Å². The molecule has 1 aliphatic rings. The van der Waals surface area contributed by atoms with E-state index in [1.807, 2.05) is 13.0 Å². The lowest BCUT2D eigenvalue weighted by Crippen LogP contribution is -2.30. The summed E-state index contributed by atoms with van der Waals surface area (Å²) in [4.78, 5) is 45.0. The van der Waals surface area contributed by atoms with Crippen LogP contribution in [-0.2, 0) is 16.0 Å². The number of nitrogens with one attached hydrogen (secondary N) is 2. The maximum absolute atomic E-state index is 13.3. The van der Waals surface area contributed by atoms with E-state index in [9.17, 15) is 19.7 Å². The molecule has 1 atom stereocenters. The largest absolute Gasteiger partial charge is 0.493 e. The van der Waals surface area contributed by atoms with Gasteiger partial charge in [-0.25, -0.2) is 9.78 Å². The van der Waals surface area contributed by atoms with E-state index in [1.165, 1.54) is 44.2 Å². The average molecular weight is 619 g/mol. The molecule has 0 spiro atoms. The molecule has 45 heavy (non-hydrogen) atoms. The highest BCUT2D eigenvalue weighted by Gasteiger charge is 2.23. The highest BCUT2D eigenvalue weighted by molar-refractivity contribution is 5.93. The molecular formula is C35H46N4O6. The Hall–Kier alpha value is -4.21. The molecule has 1 fully saturated rings. The number of nitro groups is 1. The number of nitro benzene ring substituents is 1. The molecule has 10 heteroatoms. The molecule has 0 radical (unpaired) electrons. The topological polar surface area (TPSA) is 136 Å². The number of unbranched alkanes of at least 4 members (excludes halogenated alkanes) is 2. The second-order valence-electron chi connectivity index (χ2n) is 11.9. The monoisotopic (exact) mass is 618 g/mol. The number of carbonyl (C=O) groups excluding carboxylic acids is 2. The second-order valence-corrected chi connectivity index (χ2v) is 11.9. The number of rotatable bonds is 17. The summed E-state index contributed by atoms with van der Waals surface area (Å²) in [5.41, 5.74) is 2.58. The summed E-state index contributed by atoms with van der Waals surface area (Å²) in [6.07, 6.45) is 12.9. The molecule has 0 bridgehead atoms. The number of ether oxygens (including phenoxy) is 2. The van der Waals surface area contributed by atoms with Crippen LogP contribution in [0, 0.1) is 16.0 Å². The van der Waals surface area contributed by atoms with Crippen molar-refractivity contribution in [1.29, 1.82) is 0 Å². The third-order valence-corrected chi connectivity index (χ3v) is 8.37. The minimum atomic E-state index is -0.466. The second kappa shape index (κ2) is 17.3. The Kier molecular flexibility index (Phi) is 13.0. The van der Waals surface area contributed by atoms with Crippen LogP contribution in [0.4, 0.5) is 5.69 Å². The van der Waals surface area contributed by atoms with E-state index < -0.39 is 16.9 Å². The number of aromatic nitrogens is 2. The molecule has 1 aliphatic carbocycles. The van der Waals surface area contributed by atoms with Gasteiger partial charge >= 0.3 is 5.97 Å². The normalized spacial score (nSPS) is 14.1. The standard InChI is InChI=1S/C35H46N4O6/c1-3-5-20-44-32-18-15-27(22-29(32)35(41)45-21-6-4-2)30(38-34(40)19-12-25-10-8-7-9-11-25)23-33-36-24-31(37-33)26-13-16-28(17-14-26)39(42)43/h13-18,22,24-25,30H,3-12,19-21,23H2,1-2H3,(H,36,37)(H,38,40). The van der Waals surface area contributed by atoms with Gasteiger partial charge in [0.25, 0.3) is 5.69 Å². The van der Waals surface area contributed by atoms with Crippen molar-refractivity contribution in [2.24, 2.45) is 5.92 Å². The summed E-state index contributed by atoms with van der Waals surface area (Å²) >= 11 is 0. The fourth-order valence-electron chi connectivity index (χ4n) is 5.66. The number of aromatic amines is 1. The maximum Gasteiger partial charge on any atom is 0.341 e. The van der Waals surface area contributed by atoms with E-state index in [0.717, 1.165) is 43.2 Å². The lowest BCUT2D eigenvalue weighted by Gasteiger charge is -2.23. The van der Waals surface area contributed by atoms with Crippen molar-refractivity contribution in [1.82, 2.24) is 15.3 Å². The number of nitrogens with zero attached hydrogens (tertiary/aromatic N) is 2. The molecule has 4 rings (SSSR count). The Labute approximate surface area is 265 Å². The predicted molar refractivity (Wildman–Crippen MR) is 173 cm³/mol. The molecule has 242 valence electrons. The van der Waals surface area contributed by atoms with Gasteiger partial charge in [-0.2, -0.15) is 0 Å². The molecular weight excluding hydrogens is 572 g/mol. The number of H-pyrrole nitrogens is 1. The van der Waals surface area contributed by atoms with E-state index >= 15 is 0 Å². The number of carbonyl (C=O) groups is 2. The van der Waals surface area contributed by atoms with Crippen molar-refractivity contribution in [3.8, 4) is 17.0 Å². The van der Waals surface area contributed by atoms with Crippen molar-refractivity contribution >= 4 is 17.6 Å². The van der Waals surface area contributed by atoms with Gasteiger partial charge in [0.1, 0.15) is 17.1 Å². The summed E-state index contributed by atoms with van der Waals surface area (Å²) in [5, 5.41) is 14.3. The molecule has 1 amide bonds. The molecule has 2 N–H and O–H groups in total. The van der Waals surface area contributed by atoms with Crippen LogP contribution in [-0.4, -0.2) is 40.0 Å². The Morgan fingerprint density at radius 3 is 2.49 bits per heavy atom. The van der Waals surface area contributed by atoms with Crippen LogP contribution in [0.1, 0.15) is 112 Å². The maximum atomic E-state index is 13.3. The van der Waals surface area contributed by atoms with Crippen LogP contribution in [0.3, 0.4) is 0 Å². The molecule has 3 aromatic rings. The van der Waals surface area contributed by atoms with Crippen LogP contribution in [0.2, 0.25) is 0 Å². The van der Waals surface area contributed by atoms with Crippen molar-refractivity contribution in [2.75, 3.05) is 13.2 Å². The summed E-state index contributed by atoms with van der Waals surface area (Å²) in [5.74, 6) is 1.20. The van der Waals surface area contributed by atoms with Crippen molar-refractivity contribution in [3.63, 3.8) is 0 Å². The summed E-state index contributed by atoms with van der Waals surface area (Å²) in [6.45, 7) is 4.93. The Morgan fingerprint density at radius 1 is 1.04 bits per heavy atom. The van der Waals surface area contributed by atoms with Gasteiger partial charge in [-0.3, -0.25) is 14.9 Å². The first-order valence-electron chi connectivity index (χ1n) is 16.4. The highest BCUT2D eigenvalue weighted by atomic mass is 16.6. The molecule has 1 heterocycles. The van der Waals surface area contributed by atoms with E-state index in [1.54, 1.807) is 30.5 Å². The molecule has 0 aliphatic heterocycles. The fraction of sp³-hybridized carbons (Fsp3) is 0.514. The van der Waals surface area contributed by atoms with Gasteiger partial charge in [-0.15, -0.1) is 0 Å². The third kappa shape index (κ3) is 10.2. The molecule has 2 aromatic carbocycles. The first-order chi connectivity index (χ1) is 21.9. The van der Waals surface area contributed by atoms with Crippen LogP contribution in [0.15, 0.2) is 48.7 Å². The van der Waals surface area contributed by atoms with Crippen molar-refractivity contribution in [3.05, 3.63) is 75.7 Å². The number of hydrogen-bond acceptors (Lipinski definition) is 7. The van der Waals surface area contributed by atoms with E-state index in [2.05, 4.69) is 22.2 Å². The quantitative estimate of drug-likeness (QED) is 0.0679. The van der Waals surface area contributed by atoms with Gasteiger partial charge in [-0.05, 0) is 55.0 Å². The summed E-state index contributed by atoms with van der Waals surface area (Å²) < 4.78 is 11.5. The van der Waals surface area contributed by atoms with E-state index in [4.69, 9.17) is 9.47 Å². The SMILES string of the molecule is CCCCOC(=O)c1cc(C(Cc2ncc(-c3ccc([N+](=O)[O-])cc3)[nH]2)NC(=O)CCC2CCCCC2)ccc1OCCCC. The first kappa shape index (κ1) is 33.7. The zero-order chi connectivity index (χ0) is 32.0. The van der Waals surface area contributed by atoms with Gasteiger partial charge in [0.05, 0.1) is 36.1 Å². The third-order valence-electron chi connectivity index (χ3n) is 8.37. The Morgan fingerprint density at radius 2 is 1.78 bits per heavy atom. The predicted octanol–water partition coefficient (Wildman–Crippen LogP) is 7.88. The highest BCUT2D eigenvalue weighted by Crippen LogP contribution is 2.30. The lowest BCUT2D eigenvalue weighted by atomic mass is 9.86. The minimum Gasteiger partial charge on any atom is -0.493 e. The van der Waals surface area contributed by atoms with Crippen LogP contribution in [0.5, 0.6) is 5.75 Å². The van der Waals surface area contributed by atoms with Crippen LogP contribution in [0.25, 0.3) is 11.3 Å². The zero-order valence-corrected chi connectivity index (χ0v) is 26.5. The van der Waals surface area contributed by atoms with Gasteiger partial charge in [0, 0.05) is 30.5 Å². The van der Waals surface area contributed by atoms with Gasteiger partial charge < -0.3 is 19.8 Å². The number of benzene rings is 2. The molecule has 1 unspecified atom stereocenters.